The van der Waals surface area contributed by atoms with Crippen molar-refractivity contribution in [2.45, 2.75) is 20.4 Å². The van der Waals surface area contributed by atoms with E-state index in [2.05, 4.69) is 4.98 Å². The summed E-state index contributed by atoms with van der Waals surface area (Å²) in [6.45, 7) is 4.32. The first-order valence-corrected chi connectivity index (χ1v) is 9.19. The zero-order chi connectivity index (χ0) is 20.2. The summed E-state index contributed by atoms with van der Waals surface area (Å²) in [5.74, 6) is 0.550. The summed E-state index contributed by atoms with van der Waals surface area (Å²) >= 11 is 6.30. The third-order valence-electron chi connectivity index (χ3n) is 5.03. The molecule has 0 N–H and O–H groups in total. The van der Waals surface area contributed by atoms with Crippen LogP contribution in [0.5, 0.6) is 0 Å². The molecule has 8 nitrogen and oxygen atoms in total. The van der Waals surface area contributed by atoms with Crippen LogP contribution in [0, 0.1) is 13.8 Å². The van der Waals surface area contributed by atoms with Crippen LogP contribution in [0.15, 0.2) is 34.0 Å². The molecular weight excluding hydrogens is 382 g/mol. The minimum Gasteiger partial charge on any atom is -0.383 e. The van der Waals surface area contributed by atoms with Crippen molar-refractivity contribution in [3.8, 4) is 5.69 Å². The molecule has 0 radical (unpaired) electrons. The van der Waals surface area contributed by atoms with Crippen molar-refractivity contribution in [3.05, 3.63) is 61.5 Å². The summed E-state index contributed by atoms with van der Waals surface area (Å²) in [4.78, 5) is 30.3. The lowest BCUT2D eigenvalue weighted by Gasteiger charge is -2.10. The summed E-state index contributed by atoms with van der Waals surface area (Å²) in [6, 6.07) is 5.65. The molecule has 3 aromatic heterocycles. The first-order chi connectivity index (χ1) is 13.4. The maximum Gasteiger partial charge on any atom is 0.332 e. The van der Waals surface area contributed by atoms with Gasteiger partial charge in [-0.3, -0.25) is 22.9 Å². The van der Waals surface area contributed by atoms with Gasteiger partial charge in [-0.15, -0.1) is 0 Å². The Morgan fingerprint density at radius 1 is 1.21 bits per heavy atom. The standard InChI is InChI=1S/C19H20ClN5O3/c1-11-10-24-15-16(22(3)19(27)23(17(15)26)8-9-28-4)21-18(24)25(11)14-7-5-6-13(20)12(14)2/h5-7,10H,8-9H2,1-4H3. The molecule has 0 unspecified atom stereocenters. The smallest absolute Gasteiger partial charge is 0.332 e. The molecular formula is C19H20ClN5O3. The van der Waals surface area contributed by atoms with Crippen LogP contribution in [-0.2, 0) is 18.3 Å². The minimum atomic E-state index is -0.419. The molecule has 0 saturated heterocycles. The number of imidazole rings is 2. The molecule has 0 aliphatic rings. The van der Waals surface area contributed by atoms with Gasteiger partial charge >= 0.3 is 5.69 Å². The zero-order valence-corrected chi connectivity index (χ0v) is 16.8. The van der Waals surface area contributed by atoms with Crippen LogP contribution in [0.1, 0.15) is 11.3 Å². The number of fused-ring (bicyclic) bond motifs is 3. The second-order valence-electron chi connectivity index (χ2n) is 6.74. The van der Waals surface area contributed by atoms with E-state index in [-0.39, 0.29) is 18.7 Å². The molecule has 0 amide bonds. The number of ether oxygens (including phenoxy) is 1. The molecule has 0 spiro atoms. The molecule has 0 aliphatic heterocycles. The summed E-state index contributed by atoms with van der Waals surface area (Å²) < 4.78 is 11.3. The van der Waals surface area contributed by atoms with Gasteiger partial charge in [0, 0.05) is 31.1 Å². The first-order valence-electron chi connectivity index (χ1n) is 8.81. The first kappa shape index (κ1) is 18.5. The lowest BCUT2D eigenvalue weighted by atomic mass is 10.2. The Hall–Kier alpha value is -2.84. The molecule has 28 heavy (non-hydrogen) atoms. The van der Waals surface area contributed by atoms with E-state index in [1.807, 2.05) is 42.8 Å². The average molecular weight is 402 g/mol. The van der Waals surface area contributed by atoms with E-state index in [0.717, 1.165) is 16.9 Å². The van der Waals surface area contributed by atoms with Crippen LogP contribution in [0.25, 0.3) is 22.6 Å². The number of rotatable bonds is 4. The summed E-state index contributed by atoms with van der Waals surface area (Å²) in [6.07, 6.45) is 1.84. The lowest BCUT2D eigenvalue weighted by molar-refractivity contribution is 0.184. The fourth-order valence-corrected chi connectivity index (χ4v) is 3.70. The summed E-state index contributed by atoms with van der Waals surface area (Å²) in [5, 5.41) is 0.647. The lowest BCUT2D eigenvalue weighted by Crippen LogP contribution is -2.40. The van der Waals surface area contributed by atoms with Crippen molar-refractivity contribution < 1.29 is 4.74 Å². The summed E-state index contributed by atoms with van der Waals surface area (Å²) in [5.41, 5.74) is 2.57. The van der Waals surface area contributed by atoms with Crippen molar-refractivity contribution in [2.24, 2.45) is 7.05 Å². The Morgan fingerprint density at radius 3 is 2.68 bits per heavy atom. The van der Waals surface area contributed by atoms with Gasteiger partial charge < -0.3 is 4.74 Å². The SMILES string of the molecule is COCCn1c(=O)c2c(nc3n(-c4cccc(Cl)c4C)c(C)cn23)n(C)c1=O. The average Bonchev–Trinajstić information content (AvgIpc) is 3.17. The van der Waals surface area contributed by atoms with Crippen LogP contribution >= 0.6 is 11.6 Å². The number of nitrogens with zero attached hydrogens (tertiary/aromatic N) is 5. The van der Waals surface area contributed by atoms with Crippen molar-refractivity contribution in [1.82, 2.24) is 23.1 Å². The van der Waals surface area contributed by atoms with Gasteiger partial charge in [0.25, 0.3) is 5.56 Å². The van der Waals surface area contributed by atoms with Gasteiger partial charge in [0.2, 0.25) is 5.78 Å². The van der Waals surface area contributed by atoms with Crippen LogP contribution in [0.4, 0.5) is 0 Å². The van der Waals surface area contributed by atoms with Gasteiger partial charge in [-0.2, -0.15) is 4.98 Å². The number of benzene rings is 1. The predicted molar refractivity (Wildman–Crippen MR) is 108 cm³/mol. The summed E-state index contributed by atoms with van der Waals surface area (Å²) in [7, 11) is 3.14. The Bertz CT molecular complexity index is 1340. The van der Waals surface area contributed by atoms with Crippen molar-refractivity contribution in [2.75, 3.05) is 13.7 Å². The highest BCUT2D eigenvalue weighted by atomic mass is 35.5. The van der Waals surface area contributed by atoms with Gasteiger partial charge in [-0.25, -0.2) is 4.79 Å². The van der Waals surface area contributed by atoms with Crippen LogP contribution in [-0.4, -0.2) is 36.8 Å². The molecule has 0 aliphatic carbocycles. The topological polar surface area (TPSA) is 75.5 Å². The second-order valence-corrected chi connectivity index (χ2v) is 7.14. The third kappa shape index (κ3) is 2.52. The largest absolute Gasteiger partial charge is 0.383 e. The minimum absolute atomic E-state index is 0.179. The van der Waals surface area contributed by atoms with E-state index >= 15 is 0 Å². The number of aryl methyl sites for hydroxylation is 2. The second kappa shape index (κ2) is 6.65. The molecule has 4 rings (SSSR count). The number of hydrogen-bond donors (Lipinski definition) is 0. The Kier molecular flexibility index (Phi) is 4.40. The van der Waals surface area contributed by atoms with E-state index in [1.54, 1.807) is 11.4 Å². The van der Waals surface area contributed by atoms with Crippen molar-refractivity contribution in [1.29, 1.82) is 0 Å². The van der Waals surface area contributed by atoms with Gasteiger partial charge in [0.1, 0.15) is 0 Å². The maximum absolute atomic E-state index is 13.1. The fourth-order valence-electron chi connectivity index (χ4n) is 3.53. The highest BCUT2D eigenvalue weighted by Crippen LogP contribution is 2.26. The van der Waals surface area contributed by atoms with Gasteiger partial charge in [-0.1, -0.05) is 17.7 Å². The molecule has 3 heterocycles. The number of methoxy groups -OCH3 is 1. The Labute approximate surface area is 165 Å². The van der Waals surface area contributed by atoms with Crippen LogP contribution in [0.3, 0.4) is 0 Å². The number of aromatic nitrogens is 5. The van der Waals surface area contributed by atoms with E-state index in [9.17, 15) is 9.59 Å². The molecule has 4 aromatic rings. The third-order valence-corrected chi connectivity index (χ3v) is 5.43. The van der Waals surface area contributed by atoms with Gasteiger partial charge in [0.15, 0.2) is 11.2 Å². The van der Waals surface area contributed by atoms with Crippen molar-refractivity contribution >= 4 is 28.5 Å². The van der Waals surface area contributed by atoms with Crippen molar-refractivity contribution in [3.63, 3.8) is 0 Å². The van der Waals surface area contributed by atoms with E-state index in [1.165, 1.54) is 16.2 Å². The van der Waals surface area contributed by atoms with E-state index in [0.29, 0.717) is 22.0 Å². The van der Waals surface area contributed by atoms with Gasteiger partial charge in [0.05, 0.1) is 18.8 Å². The molecule has 0 bridgehead atoms. The highest BCUT2D eigenvalue weighted by molar-refractivity contribution is 6.31. The molecule has 1 aromatic carbocycles. The van der Waals surface area contributed by atoms with Crippen LogP contribution in [0.2, 0.25) is 5.02 Å². The highest BCUT2D eigenvalue weighted by Gasteiger charge is 2.21. The normalized spacial score (nSPS) is 11.8. The molecule has 0 fully saturated rings. The van der Waals surface area contributed by atoms with Gasteiger partial charge in [-0.05, 0) is 31.5 Å². The molecule has 146 valence electrons. The number of halogens is 1. The quantitative estimate of drug-likeness (QED) is 0.524. The van der Waals surface area contributed by atoms with E-state index in [4.69, 9.17) is 16.3 Å². The zero-order valence-electron chi connectivity index (χ0n) is 16.1. The van der Waals surface area contributed by atoms with Crippen LogP contribution < -0.4 is 11.2 Å². The Balaban J connectivity index is 2.11. The molecule has 0 saturated carbocycles. The molecule has 9 heteroatoms. The maximum atomic E-state index is 13.1. The predicted octanol–water partition coefficient (Wildman–Crippen LogP) is 2.06. The molecule has 0 atom stereocenters. The Morgan fingerprint density at radius 2 is 1.96 bits per heavy atom. The monoisotopic (exact) mass is 401 g/mol. The number of hydrogen-bond acceptors (Lipinski definition) is 4. The fraction of sp³-hybridized carbons (Fsp3) is 0.316. The van der Waals surface area contributed by atoms with E-state index < -0.39 is 5.69 Å².